The zero-order valence-corrected chi connectivity index (χ0v) is 20.4. The molecule has 36 heavy (non-hydrogen) atoms. The second kappa shape index (κ2) is 12.6. The molecule has 2 saturated carbocycles. The number of carboxylic acids is 1. The van der Waals surface area contributed by atoms with Crippen LogP contribution in [-0.4, -0.2) is 28.7 Å². The summed E-state index contributed by atoms with van der Waals surface area (Å²) >= 11 is 0. The van der Waals surface area contributed by atoms with E-state index in [4.69, 9.17) is 5.11 Å². The summed E-state index contributed by atoms with van der Waals surface area (Å²) in [7, 11) is 0. The Hall–Kier alpha value is -3.30. The van der Waals surface area contributed by atoms with Gasteiger partial charge in [-0.25, -0.2) is 14.2 Å². The molecule has 0 bridgehead atoms. The molecule has 0 radical (unpaired) electrons. The summed E-state index contributed by atoms with van der Waals surface area (Å²) in [5, 5.41) is 13.5. The number of carboxylic acid groups (broad SMARTS) is 1. The number of urea groups is 1. The topological polar surface area (TPSA) is 101 Å². The Labute approximate surface area is 208 Å². The first-order chi connectivity index (χ1) is 17.2. The largest absolute Gasteiger partial charge is 0.481 e. The minimum Gasteiger partial charge on any atom is -0.481 e. The molecular weight excluding hydrogens is 475 g/mol. The van der Waals surface area contributed by atoms with E-state index in [-0.39, 0.29) is 29.1 Å². The van der Waals surface area contributed by atoms with Crippen LogP contribution in [-0.2, 0) is 4.79 Å². The van der Waals surface area contributed by atoms with E-state index in [1.54, 1.807) is 12.1 Å². The van der Waals surface area contributed by atoms with Crippen LogP contribution in [0.25, 0.3) is 0 Å². The maximum atomic E-state index is 14.2. The van der Waals surface area contributed by atoms with Crippen molar-refractivity contribution in [3.05, 3.63) is 47.4 Å². The van der Waals surface area contributed by atoms with Crippen LogP contribution in [0.3, 0.4) is 0 Å². The number of benzene rings is 1. The number of halogens is 3. The van der Waals surface area contributed by atoms with Crippen molar-refractivity contribution in [1.82, 2.24) is 4.98 Å². The third-order valence-electron chi connectivity index (χ3n) is 6.17. The molecule has 7 nitrogen and oxygen atoms in total. The van der Waals surface area contributed by atoms with Gasteiger partial charge >= 0.3 is 18.6 Å². The quantitative estimate of drug-likeness (QED) is 0.371. The fourth-order valence-electron chi connectivity index (χ4n) is 4.13. The number of ether oxygens (including phenoxy) is 1. The number of hydrogen-bond donors (Lipinski definition) is 3. The number of pyridine rings is 1. The number of carbonyl (C=O) groups excluding carboxylic acids is 1. The summed E-state index contributed by atoms with van der Waals surface area (Å²) < 4.78 is 44.0. The van der Waals surface area contributed by atoms with Crippen molar-refractivity contribution < 1.29 is 32.6 Å². The summed E-state index contributed by atoms with van der Waals surface area (Å²) in [6.45, 7) is 0.812. The maximum Gasteiger partial charge on any atom is 0.388 e. The van der Waals surface area contributed by atoms with Gasteiger partial charge in [-0.2, -0.15) is 8.78 Å². The van der Waals surface area contributed by atoms with Gasteiger partial charge in [-0.05, 0) is 43.2 Å². The lowest BCUT2D eigenvalue weighted by atomic mass is 9.90. The number of aromatic nitrogens is 1. The van der Waals surface area contributed by atoms with Crippen molar-refractivity contribution in [3.8, 4) is 5.88 Å². The molecule has 10 heteroatoms. The molecule has 4 rings (SSSR count). The van der Waals surface area contributed by atoms with Gasteiger partial charge in [0.1, 0.15) is 11.5 Å². The minimum absolute atomic E-state index is 0.0289. The average molecular weight is 508 g/mol. The molecule has 0 spiro atoms. The number of aliphatic carboxylic acids is 1. The van der Waals surface area contributed by atoms with E-state index in [0.717, 1.165) is 50.2 Å². The van der Waals surface area contributed by atoms with E-state index in [1.807, 2.05) is 26.0 Å². The van der Waals surface area contributed by atoms with Crippen molar-refractivity contribution in [2.75, 3.05) is 10.6 Å². The zero-order chi connectivity index (χ0) is 26.2. The van der Waals surface area contributed by atoms with Crippen molar-refractivity contribution >= 4 is 23.4 Å². The molecule has 0 aliphatic heterocycles. The lowest BCUT2D eigenvalue weighted by molar-refractivity contribution is -0.142. The summed E-state index contributed by atoms with van der Waals surface area (Å²) in [5.41, 5.74) is 1.31. The van der Waals surface area contributed by atoms with Gasteiger partial charge in [0.25, 0.3) is 0 Å². The van der Waals surface area contributed by atoms with Gasteiger partial charge in [0.2, 0.25) is 5.88 Å². The molecular formula is C26H32F3N3O4. The Bertz CT molecular complexity index is 1050. The van der Waals surface area contributed by atoms with Crippen LogP contribution >= 0.6 is 0 Å². The summed E-state index contributed by atoms with van der Waals surface area (Å²) in [6.07, 6.45) is 6.73. The average Bonchev–Trinajstić information content (AvgIpc) is 3.67. The molecule has 2 aliphatic rings. The summed E-state index contributed by atoms with van der Waals surface area (Å²) in [4.78, 5) is 26.5. The van der Waals surface area contributed by atoms with Gasteiger partial charge in [-0.3, -0.25) is 4.79 Å². The third-order valence-corrected chi connectivity index (χ3v) is 6.17. The van der Waals surface area contributed by atoms with Gasteiger partial charge in [0, 0.05) is 17.7 Å². The molecule has 3 N–H and O–H groups in total. The first-order valence-corrected chi connectivity index (χ1v) is 12.2. The Kier molecular flexibility index (Phi) is 9.55. The van der Waals surface area contributed by atoms with Gasteiger partial charge in [0.05, 0.1) is 11.6 Å². The van der Waals surface area contributed by atoms with Crippen LogP contribution in [0.15, 0.2) is 30.3 Å². The number of amides is 2. The number of nitrogens with zero attached hydrogens (tertiary/aromatic N) is 1. The van der Waals surface area contributed by atoms with Crippen molar-refractivity contribution in [2.24, 2.45) is 5.92 Å². The Morgan fingerprint density at radius 3 is 2.22 bits per heavy atom. The first-order valence-electron chi connectivity index (χ1n) is 12.2. The van der Waals surface area contributed by atoms with Crippen LogP contribution < -0.4 is 15.4 Å². The monoisotopic (exact) mass is 507 g/mol. The highest BCUT2D eigenvalue weighted by Crippen LogP contribution is 2.42. The third kappa shape index (κ3) is 7.86. The summed E-state index contributed by atoms with van der Waals surface area (Å²) in [5.74, 6) is -1.71. The Balaban J connectivity index is 0.000000338. The molecule has 1 aromatic carbocycles. The number of alkyl halides is 2. The smallest absolute Gasteiger partial charge is 0.388 e. The van der Waals surface area contributed by atoms with Crippen molar-refractivity contribution in [2.45, 2.75) is 77.2 Å². The van der Waals surface area contributed by atoms with Gasteiger partial charge in [-0.15, -0.1) is 0 Å². The van der Waals surface area contributed by atoms with Gasteiger partial charge in [-0.1, -0.05) is 51.3 Å². The standard InChI is InChI=1S/C19H20F3N3O2.C7H12O2/c1-10(2)12-5-3-4-6-14(12)23-19(26)24-15-9-13(20)16(11-7-8-11)25-17(15)27-18(21)22;8-7(9)6-4-2-1-3-5-6/h3-6,9-11,18H,7-8H2,1-2H3,(H2,23,24,26);6H,1-5H2,(H,8,9). The number of hydrogen-bond acceptors (Lipinski definition) is 4. The molecule has 196 valence electrons. The van der Waals surface area contributed by atoms with Crippen LogP contribution in [0.4, 0.5) is 29.3 Å². The second-order valence-electron chi connectivity index (χ2n) is 9.36. The molecule has 0 saturated heterocycles. The van der Waals surface area contributed by atoms with Crippen LogP contribution in [0.5, 0.6) is 5.88 Å². The van der Waals surface area contributed by atoms with Crippen LogP contribution in [0, 0.1) is 11.7 Å². The highest BCUT2D eigenvalue weighted by atomic mass is 19.3. The van der Waals surface area contributed by atoms with E-state index in [2.05, 4.69) is 20.4 Å². The predicted octanol–water partition coefficient (Wildman–Crippen LogP) is 7.12. The zero-order valence-electron chi connectivity index (χ0n) is 20.4. The van der Waals surface area contributed by atoms with Gasteiger partial charge < -0.3 is 20.5 Å². The Morgan fingerprint density at radius 1 is 1.03 bits per heavy atom. The fraction of sp³-hybridized carbons (Fsp3) is 0.500. The van der Waals surface area contributed by atoms with E-state index in [0.29, 0.717) is 5.69 Å². The molecule has 0 unspecified atom stereocenters. The molecule has 2 fully saturated rings. The molecule has 0 atom stereocenters. The molecule has 1 heterocycles. The van der Waals surface area contributed by atoms with Crippen LogP contribution in [0.1, 0.15) is 81.9 Å². The minimum atomic E-state index is -3.14. The number of carbonyl (C=O) groups is 2. The van der Waals surface area contributed by atoms with Gasteiger partial charge in [0.15, 0.2) is 0 Å². The van der Waals surface area contributed by atoms with Crippen molar-refractivity contribution in [1.29, 1.82) is 0 Å². The Morgan fingerprint density at radius 2 is 1.67 bits per heavy atom. The van der Waals surface area contributed by atoms with E-state index < -0.39 is 30.3 Å². The SMILES string of the molecule is CC(C)c1ccccc1NC(=O)Nc1cc(F)c(C2CC2)nc1OC(F)F.O=C(O)C1CCCCC1. The maximum absolute atomic E-state index is 14.2. The lowest BCUT2D eigenvalue weighted by Crippen LogP contribution is -2.22. The highest BCUT2D eigenvalue weighted by molar-refractivity contribution is 6.01. The normalized spacial score (nSPS) is 15.8. The first kappa shape index (κ1) is 27.3. The fourth-order valence-corrected chi connectivity index (χ4v) is 4.13. The van der Waals surface area contributed by atoms with E-state index >= 15 is 0 Å². The second-order valence-corrected chi connectivity index (χ2v) is 9.36. The molecule has 2 aromatic rings. The van der Waals surface area contributed by atoms with Crippen LogP contribution in [0.2, 0.25) is 0 Å². The number of anilines is 2. The highest BCUT2D eigenvalue weighted by Gasteiger charge is 2.30. The lowest BCUT2D eigenvalue weighted by Gasteiger charge is -2.16. The number of para-hydroxylation sites is 1. The van der Waals surface area contributed by atoms with Crippen molar-refractivity contribution in [3.63, 3.8) is 0 Å². The van der Waals surface area contributed by atoms with E-state index in [9.17, 15) is 22.8 Å². The molecule has 2 aliphatic carbocycles. The molecule has 2 amide bonds. The number of rotatable bonds is 7. The van der Waals surface area contributed by atoms with E-state index in [1.165, 1.54) is 6.42 Å². The number of nitrogens with one attached hydrogen (secondary N) is 2. The summed E-state index contributed by atoms with van der Waals surface area (Å²) in [6, 6.07) is 7.47. The predicted molar refractivity (Wildman–Crippen MR) is 130 cm³/mol. The molecule has 1 aromatic heterocycles.